The second-order valence-corrected chi connectivity index (χ2v) is 14.0. The zero-order valence-electron chi connectivity index (χ0n) is 26.8. The summed E-state index contributed by atoms with van der Waals surface area (Å²) in [6.45, 7) is 0. The maximum absolute atomic E-state index is 6.48. The Bertz CT molecular complexity index is 3480. The molecule has 228 valence electrons. The number of hydrogen-bond acceptors (Lipinski definition) is 1. The van der Waals surface area contributed by atoms with Gasteiger partial charge in [-0.15, -0.1) is 0 Å². The normalized spacial score (nSPS) is 12.8. The largest absolute Gasteiger partial charge is 0.455 e. The molecule has 2 nitrogen and oxygen atoms in total. The Morgan fingerprint density at radius 1 is 0.360 bits per heavy atom. The number of hydrogen-bond donors (Lipinski definition) is 0. The summed E-state index contributed by atoms with van der Waals surface area (Å²) in [5, 5.41) is 20.9. The van der Waals surface area contributed by atoms with E-state index in [1.807, 2.05) is 6.07 Å². The highest BCUT2D eigenvalue weighted by atomic mass is 16.3. The van der Waals surface area contributed by atoms with Crippen LogP contribution in [0.2, 0.25) is 0 Å². The highest BCUT2D eigenvalue weighted by molar-refractivity contribution is 6.45. The van der Waals surface area contributed by atoms with Gasteiger partial charge in [-0.05, 0) is 89.8 Å². The van der Waals surface area contributed by atoms with Crippen molar-refractivity contribution >= 4 is 108 Å². The third-order valence-corrected chi connectivity index (χ3v) is 11.6. The van der Waals surface area contributed by atoms with Crippen molar-refractivity contribution in [1.82, 2.24) is 4.57 Å². The molecule has 0 fully saturated rings. The van der Waals surface area contributed by atoms with E-state index < -0.39 is 0 Å². The molecule has 2 aromatic heterocycles. The van der Waals surface area contributed by atoms with Crippen LogP contribution < -0.4 is 0 Å². The lowest BCUT2D eigenvalue weighted by atomic mass is 9.82. The van der Waals surface area contributed by atoms with Crippen molar-refractivity contribution < 1.29 is 4.42 Å². The third-order valence-electron chi connectivity index (χ3n) is 11.6. The van der Waals surface area contributed by atoms with Gasteiger partial charge >= 0.3 is 0 Å². The van der Waals surface area contributed by atoms with E-state index in [4.69, 9.17) is 4.42 Å². The maximum Gasteiger partial charge on any atom is 0.143 e. The van der Waals surface area contributed by atoms with E-state index in [1.54, 1.807) is 0 Å². The van der Waals surface area contributed by atoms with Crippen LogP contribution in [0.5, 0.6) is 0 Å². The molecule has 0 amide bonds. The van der Waals surface area contributed by atoms with Gasteiger partial charge in [0.25, 0.3) is 0 Å². The van der Waals surface area contributed by atoms with Crippen molar-refractivity contribution in [2.45, 2.75) is 0 Å². The molecule has 13 rings (SSSR count). The van der Waals surface area contributed by atoms with Gasteiger partial charge in [0.1, 0.15) is 11.2 Å². The SMILES string of the molecule is c1ccc2c(c1)oc1c(-c3ccc4c(c3)c3ccccc3n4-c3cc4ccc5ccc6ccc7ccc8ccc3c3c8c7c6c5c43)cccc12. The fraction of sp³-hybridized carbons (Fsp3) is 0. The molecule has 0 aliphatic heterocycles. The minimum Gasteiger partial charge on any atom is -0.455 e. The molecule has 11 aromatic carbocycles. The van der Waals surface area contributed by atoms with Gasteiger partial charge in [-0.2, -0.15) is 0 Å². The molecule has 0 bridgehead atoms. The molecule has 50 heavy (non-hydrogen) atoms. The lowest BCUT2D eigenvalue weighted by Gasteiger charge is -2.22. The molecule has 2 heteroatoms. The lowest BCUT2D eigenvalue weighted by Crippen LogP contribution is -1.99. The highest BCUT2D eigenvalue weighted by Crippen LogP contribution is 2.50. The van der Waals surface area contributed by atoms with Crippen molar-refractivity contribution in [2.75, 3.05) is 0 Å². The van der Waals surface area contributed by atoms with E-state index in [0.717, 1.165) is 33.1 Å². The molecule has 13 aromatic rings. The number of fused-ring (bicyclic) bond motifs is 6. The average molecular weight is 632 g/mol. The Kier molecular flexibility index (Phi) is 4.41. The molecular formula is C48H25NO. The second kappa shape index (κ2) is 8.68. The molecule has 0 saturated heterocycles. The van der Waals surface area contributed by atoms with Gasteiger partial charge in [0, 0.05) is 37.9 Å². The Balaban J connectivity index is 1.16. The molecule has 0 spiro atoms. The molecule has 0 saturated carbocycles. The van der Waals surface area contributed by atoms with E-state index in [-0.39, 0.29) is 0 Å². The van der Waals surface area contributed by atoms with Crippen LogP contribution in [0.15, 0.2) is 156 Å². The first kappa shape index (κ1) is 25.4. The van der Waals surface area contributed by atoms with Crippen LogP contribution in [-0.4, -0.2) is 4.57 Å². The minimum absolute atomic E-state index is 0.921. The van der Waals surface area contributed by atoms with Crippen molar-refractivity contribution in [1.29, 1.82) is 0 Å². The van der Waals surface area contributed by atoms with Crippen LogP contribution in [0, 0.1) is 0 Å². The Morgan fingerprint density at radius 3 is 1.70 bits per heavy atom. The predicted octanol–water partition coefficient (Wildman–Crippen LogP) is 13.6. The Labute approximate surface area is 285 Å². The van der Waals surface area contributed by atoms with Crippen LogP contribution in [-0.2, 0) is 0 Å². The molecule has 0 unspecified atom stereocenters. The minimum atomic E-state index is 0.921. The summed E-state index contributed by atoms with van der Waals surface area (Å²) < 4.78 is 8.98. The molecule has 0 aliphatic rings. The summed E-state index contributed by atoms with van der Waals surface area (Å²) in [6, 6.07) is 56.2. The van der Waals surface area contributed by atoms with E-state index in [1.165, 1.54) is 92.1 Å². The van der Waals surface area contributed by atoms with Crippen molar-refractivity contribution in [3.63, 3.8) is 0 Å². The highest BCUT2D eigenvalue weighted by Gasteiger charge is 2.24. The fourth-order valence-electron chi connectivity index (χ4n) is 9.53. The van der Waals surface area contributed by atoms with Crippen LogP contribution in [0.3, 0.4) is 0 Å². The number of rotatable bonds is 2. The first-order valence-corrected chi connectivity index (χ1v) is 17.3. The van der Waals surface area contributed by atoms with Crippen molar-refractivity contribution in [3.8, 4) is 16.8 Å². The van der Waals surface area contributed by atoms with Gasteiger partial charge in [0.15, 0.2) is 0 Å². The quantitative estimate of drug-likeness (QED) is 0.137. The Hall–Kier alpha value is -6.64. The summed E-state index contributed by atoms with van der Waals surface area (Å²) in [5.41, 5.74) is 7.76. The number of nitrogens with zero attached hydrogens (tertiary/aromatic N) is 1. The predicted molar refractivity (Wildman–Crippen MR) is 212 cm³/mol. The fourth-order valence-corrected chi connectivity index (χ4v) is 9.53. The van der Waals surface area contributed by atoms with E-state index in [2.05, 4.69) is 150 Å². The topological polar surface area (TPSA) is 18.1 Å². The summed E-state index contributed by atoms with van der Waals surface area (Å²) in [4.78, 5) is 0. The van der Waals surface area contributed by atoms with E-state index in [0.29, 0.717) is 0 Å². The van der Waals surface area contributed by atoms with Gasteiger partial charge < -0.3 is 8.98 Å². The van der Waals surface area contributed by atoms with Gasteiger partial charge in [-0.1, -0.05) is 121 Å². The van der Waals surface area contributed by atoms with Gasteiger partial charge in [-0.25, -0.2) is 0 Å². The van der Waals surface area contributed by atoms with Crippen molar-refractivity contribution in [2.24, 2.45) is 0 Å². The average Bonchev–Trinajstić information content (AvgIpc) is 3.72. The zero-order valence-corrected chi connectivity index (χ0v) is 26.8. The summed E-state index contributed by atoms with van der Waals surface area (Å²) in [7, 11) is 0. The molecule has 0 radical (unpaired) electrons. The number of para-hydroxylation sites is 3. The van der Waals surface area contributed by atoms with E-state index >= 15 is 0 Å². The monoisotopic (exact) mass is 631 g/mol. The van der Waals surface area contributed by atoms with Crippen LogP contribution >= 0.6 is 0 Å². The molecule has 0 atom stereocenters. The zero-order chi connectivity index (χ0) is 32.2. The van der Waals surface area contributed by atoms with Crippen molar-refractivity contribution in [3.05, 3.63) is 152 Å². The first-order valence-electron chi connectivity index (χ1n) is 17.3. The van der Waals surface area contributed by atoms with Crippen LogP contribution in [0.4, 0.5) is 0 Å². The first-order chi connectivity index (χ1) is 24.8. The van der Waals surface area contributed by atoms with Gasteiger partial charge in [0.05, 0.1) is 16.7 Å². The van der Waals surface area contributed by atoms with E-state index in [9.17, 15) is 0 Å². The van der Waals surface area contributed by atoms with Crippen LogP contribution in [0.1, 0.15) is 0 Å². The third kappa shape index (κ3) is 2.94. The maximum atomic E-state index is 6.48. The molecule has 0 N–H and O–H groups in total. The second-order valence-electron chi connectivity index (χ2n) is 14.0. The number of benzene rings is 11. The number of furan rings is 1. The lowest BCUT2D eigenvalue weighted by molar-refractivity contribution is 0.670. The Morgan fingerprint density at radius 2 is 0.940 bits per heavy atom. The van der Waals surface area contributed by atoms with Crippen LogP contribution in [0.25, 0.3) is 125 Å². The standard InChI is InChI=1S/C48H25NO/c1-3-10-38-33(6-1)37-24-30(32-8-5-9-35-34-7-2-4-11-41(34)50-48(32)35)21-23-39(37)49(38)40-25-31-19-18-28-15-13-26-12-14-27-16-17-29-20-22-36(40)47-45(29)43(27)42(26)44(28)46(31)47/h1-25H. The molecular weight excluding hydrogens is 607 g/mol. The van der Waals surface area contributed by atoms with Gasteiger partial charge in [0.2, 0.25) is 0 Å². The number of aromatic nitrogens is 1. The smallest absolute Gasteiger partial charge is 0.143 e. The summed E-state index contributed by atoms with van der Waals surface area (Å²) in [5.74, 6) is 0. The molecule has 0 aliphatic carbocycles. The van der Waals surface area contributed by atoms with Gasteiger partial charge in [-0.3, -0.25) is 0 Å². The summed E-state index contributed by atoms with van der Waals surface area (Å²) in [6.07, 6.45) is 0. The summed E-state index contributed by atoms with van der Waals surface area (Å²) >= 11 is 0. The molecule has 2 heterocycles.